The Labute approximate surface area is 325 Å². The summed E-state index contributed by atoms with van der Waals surface area (Å²) < 4.78 is 0. The van der Waals surface area contributed by atoms with E-state index in [4.69, 9.17) is 0 Å². The van der Waals surface area contributed by atoms with Gasteiger partial charge in [0.25, 0.3) is 0 Å². The molecule has 5 nitrogen and oxygen atoms in total. The number of aliphatic hydroxyl groups excluding tert-OH is 3. The highest BCUT2D eigenvalue weighted by molar-refractivity contribution is 5.80. The van der Waals surface area contributed by atoms with E-state index in [9.17, 15) is 20.1 Å². The van der Waals surface area contributed by atoms with Crippen LogP contribution in [0.15, 0.2) is 12.2 Å². The maximum Gasteiger partial charge on any atom is 0.249 e. The number of carbonyl (C=O) groups is 1. The molecule has 5 heteroatoms. The molecule has 4 N–H and O–H groups in total. The minimum absolute atomic E-state index is 0.359. The summed E-state index contributed by atoms with van der Waals surface area (Å²) in [7, 11) is 0. The second-order valence-electron chi connectivity index (χ2n) is 16.3. The van der Waals surface area contributed by atoms with Crippen LogP contribution in [0.25, 0.3) is 0 Å². The average molecular weight is 736 g/mol. The van der Waals surface area contributed by atoms with Gasteiger partial charge in [0, 0.05) is 0 Å². The Morgan fingerprint density at radius 2 is 0.750 bits per heavy atom. The summed E-state index contributed by atoms with van der Waals surface area (Å²) in [6.45, 7) is 4.20. The fourth-order valence-electron chi connectivity index (χ4n) is 7.42. The molecule has 0 aliphatic heterocycles. The lowest BCUT2D eigenvalue weighted by Gasteiger charge is -2.21. The van der Waals surface area contributed by atoms with Gasteiger partial charge in [-0.2, -0.15) is 0 Å². The molecule has 0 fully saturated rings. The van der Waals surface area contributed by atoms with Crippen molar-refractivity contribution in [3.05, 3.63) is 12.2 Å². The highest BCUT2D eigenvalue weighted by atomic mass is 16.3. The van der Waals surface area contributed by atoms with Gasteiger partial charge in [0.1, 0.15) is 6.10 Å². The van der Waals surface area contributed by atoms with Gasteiger partial charge < -0.3 is 20.6 Å². The lowest BCUT2D eigenvalue weighted by molar-refractivity contribution is -0.131. The Morgan fingerprint density at radius 3 is 1.06 bits per heavy atom. The quantitative estimate of drug-likeness (QED) is 0.0371. The first-order valence-corrected chi connectivity index (χ1v) is 23.5. The van der Waals surface area contributed by atoms with E-state index in [1.54, 1.807) is 6.08 Å². The summed E-state index contributed by atoms with van der Waals surface area (Å²) in [4.78, 5) is 12.5. The van der Waals surface area contributed by atoms with Crippen LogP contribution in [0.2, 0.25) is 0 Å². The number of nitrogens with one attached hydrogen (secondary N) is 1. The normalized spacial score (nSPS) is 13.6. The smallest absolute Gasteiger partial charge is 0.249 e. The van der Waals surface area contributed by atoms with Crippen LogP contribution in [0.5, 0.6) is 0 Å². The van der Waals surface area contributed by atoms with E-state index in [2.05, 4.69) is 19.2 Å². The first-order chi connectivity index (χ1) is 25.6. The van der Waals surface area contributed by atoms with Gasteiger partial charge in [-0.05, 0) is 19.3 Å². The highest BCUT2D eigenvalue weighted by Crippen LogP contribution is 2.17. The number of carbonyl (C=O) groups excluding carboxylic acids is 1. The maximum atomic E-state index is 12.5. The molecule has 0 radical (unpaired) electrons. The Kier molecular flexibility index (Phi) is 42.1. The van der Waals surface area contributed by atoms with Crippen LogP contribution in [0.3, 0.4) is 0 Å². The zero-order chi connectivity index (χ0) is 38.0. The molecule has 0 saturated carbocycles. The van der Waals surface area contributed by atoms with Crippen molar-refractivity contribution >= 4 is 5.91 Å². The molecule has 3 atom stereocenters. The van der Waals surface area contributed by atoms with Crippen molar-refractivity contribution in [1.29, 1.82) is 0 Å². The second-order valence-corrected chi connectivity index (χ2v) is 16.3. The highest BCUT2D eigenvalue weighted by Gasteiger charge is 2.22. The predicted molar refractivity (Wildman–Crippen MR) is 227 cm³/mol. The topological polar surface area (TPSA) is 89.8 Å². The molecule has 0 aromatic carbocycles. The molecular weight excluding hydrogens is 643 g/mol. The second kappa shape index (κ2) is 42.8. The van der Waals surface area contributed by atoms with Gasteiger partial charge in [-0.1, -0.05) is 251 Å². The first-order valence-electron chi connectivity index (χ1n) is 23.5. The van der Waals surface area contributed by atoms with Crippen LogP contribution in [0.1, 0.15) is 258 Å². The van der Waals surface area contributed by atoms with Gasteiger partial charge in [0.2, 0.25) is 5.91 Å². The summed E-state index contributed by atoms with van der Waals surface area (Å²) in [6, 6.07) is -0.793. The van der Waals surface area contributed by atoms with E-state index in [1.807, 2.05) is 6.08 Å². The minimum atomic E-state index is -1.09. The van der Waals surface area contributed by atoms with Gasteiger partial charge in [-0.15, -0.1) is 0 Å². The fraction of sp³-hybridized carbons (Fsp3) is 0.936. The molecule has 0 bridgehead atoms. The van der Waals surface area contributed by atoms with E-state index in [1.165, 1.54) is 205 Å². The van der Waals surface area contributed by atoms with Crippen LogP contribution >= 0.6 is 0 Å². The van der Waals surface area contributed by atoms with Crippen LogP contribution in [-0.4, -0.2) is 46.1 Å². The molecule has 0 heterocycles. The monoisotopic (exact) mass is 736 g/mol. The molecular formula is C47H93NO4. The third-order valence-corrected chi connectivity index (χ3v) is 11.1. The van der Waals surface area contributed by atoms with Crippen molar-refractivity contribution in [2.75, 3.05) is 6.61 Å². The largest absolute Gasteiger partial charge is 0.394 e. The Morgan fingerprint density at radius 1 is 0.462 bits per heavy atom. The van der Waals surface area contributed by atoms with Crippen molar-refractivity contribution < 1.29 is 20.1 Å². The van der Waals surface area contributed by atoms with Gasteiger partial charge >= 0.3 is 0 Å². The number of amides is 1. The van der Waals surface area contributed by atoms with E-state index >= 15 is 0 Å². The molecule has 0 aromatic rings. The van der Waals surface area contributed by atoms with Gasteiger partial charge in [-0.25, -0.2) is 0 Å². The molecule has 0 saturated heterocycles. The van der Waals surface area contributed by atoms with Crippen molar-refractivity contribution in [1.82, 2.24) is 5.32 Å². The Balaban J connectivity index is 3.61. The van der Waals surface area contributed by atoms with Crippen LogP contribution < -0.4 is 5.32 Å². The van der Waals surface area contributed by atoms with E-state index in [0.29, 0.717) is 6.42 Å². The summed E-state index contributed by atoms with van der Waals surface area (Å²) in [5.41, 5.74) is 0. The maximum absolute atomic E-state index is 12.5. The number of aliphatic hydroxyl groups is 3. The van der Waals surface area contributed by atoms with E-state index < -0.39 is 24.2 Å². The Hall–Kier alpha value is -0.910. The van der Waals surface area contributed by atoms with Crippen LogP contribution in [-0.2, 0) is 4.79 Å². The molecule has 0 aliphatic carbocycles. The van der Waals surface area contributed by atoms with Crippen molar-refractivity contribution in [2.45, 2.75) is 276 Å². The van der Waals surface area contributed by atoms with Gasteiger partial charge in [0.15, 0.2) is 0 Å². The first kappa shape index (κ1) is 51.1. The zero-order valence-electron chi connectivity index (χ0n) is 35.2. The molecule has 0 aromatic heterocycles. The SMILES string of the molecule is CCCCCCCCCCCCCCCCCCCCCC/C=C/C(O)C(CO)NC(=O)C(O)CCCCCCCCCCCCCCCCCC. The molecule has 3 unspecified atom stereocenters. The van der Waals surface area contributed by atoms with Gasteiger partial charge in [0.05, 0.1) is 18.8 Å². The number of hydrogen-bond acceptors (Lipinski definition) is 4. The number of rotatable bonds is 43. The number of allylic oxidation sites excluding steroid dienone is 1. The molecule has 0 spiro atoms. The molecule has 52 heavy (non-hydrogen) atoms. The van der Waals surface area contributed by atoms with Crippen LogP contribution in [0.4, 0.5) is 0 Å². The zero-order valence-corrected chi connectivity index (χ0v) is 35.2. The van der Waals surface area contributed by atoms with Crippen molar-refractivity contribution in [3.8, 4) is 0 Å². The third kappa shape index (κ3) is 37.4. The summed E-state index contributed by atoms with van der Waals surface area (Å²) in [5, 5.41) is 33.2. The van der Waals surface area contributed by atoms with E-state index in [0.717, 1.165) is 32.1 Å². The lowest BCUT2D eigenvalue weighted by atomic mass is 10.0. The molecule has 0 aliphatic rings. The third-order valence-electron chi connectivity index (χ3n) is 11.1. The summed E-state index contributed by atoms with van der Waals surface area (Å²) >= 11 is 0. The van der Waals surface area contributed by atoms with Gasteiger partial charge in [-0.3, -0.25) is 4.79 Å². The number of hydrogen-bond donors (Lipinski definition) is 4. The predicted octanol–water partition coefficient (Wildman–Crippen LogP) is 13.6. The Bertz CT molecular complexity index is 728. The fourth-order valence-corrected chi connectivity index (χ4v) is 7.42. The van der Waals surface area contributed by atoms with E-state index in [-0.39, 0.29) is 6.61 Å². The van der Waals surface area contributed by atoms with Crippen molar-refractivity contribution in [3.63, 3.8) is 0 Å². The minimum Gasteiger partial charge on any atom is -0.394 e. The molecule has 310 valence electrons. The molecule has 1 amide bonds. The standard InChI is InChI=1S/C47H93NO4/c1-3-5-7-9-11-13-15-17-19-21-22-23-24-25-26-28-29-31-33-35-37-39-41-45(50)44(43-49)48-47(52)46(51)42-40-38-36-34-32-30-27-20-18-16-14-12-10-8-6-4-2/h39,41,44-46,49-51H,3-38,40,42-43H2,1-2H3,(H,48,52)/b41-39+. The molecule has 0 rings (SSSR count). The average Bonchev–Trinajstić information content (AvgIpc) is 3.15. The van der Waals surface area contributed by atoms with Crippen LogP contribution in [0, 0.1) is 0 Å². The summed E-state index contributed by atoms with van der Waals surface area (Å²) in [6.07, 6.45) is 51.1. The number of unbranched alkanes of at least 4 members (excludes halogenated alkanes) is 35. The lowest BCUT2D eigenvalue weighted by Crippen LogP contribution is -2.48. The van der Waals surface area contributed by atoms with Crippen molar-refractivity contribution in [2.24, 2.45) is 0 Å². The summed E-state index contributed by atoms with van der Waals surface area (Å²) in [5.74, 6) is -0.499.